The van der Waals surface area contributed by atoms with Gasteiger partial charge < -0.3 is 0 Å². The Hall–Kier alpha value is -1.94. The summed E-state index contributed by atoms with van der Waals surface area (Å²) in [5.74, 6) is 0. The number of hydrogen-bond acceptors (Lipinski definition) is 1. The summed E-state index contributed by atoms with van der Waals surface area (Å²) < 4.78 is 2.76. The van der Waals surface area contributed by atoms with E-state index < -0.39 is 8.07 Å². The molecule has 160 valence electrons. The van der Waals surface area contributed by atoms with E-state index in [1.165, 1.54) is 58.4 Å². The molecule has 0 saturated carbocycles. The zero-order valence-corrected chi connectivity index (χ0v) is 22.7. The number of thiophene rings is 1. The van der Waals surface area contributed by atoms with Crippen molar-refractivity contribution in [3.63, 3.8) is 0 Å². The summed E-state index contributed by atoms with van der Waals surface area (Å²) in [6.45, 7) is 12.1. The van der Waals surface area contributed by atoms with E-state index >= 15 is 0 Å². The van der Waals surface area contributed by atoms with Gasteiger partial charge in [0.05, 0.1) is 8.07 Å². The van der Waals surface area contributed by atoms with Crippen LogP contribution in [0.2, 0.25) is 13.1 Å². The normalized spacial score (nSPS) is 15.4. The van der Waals surface area contributed by atoms with Crippen LogP contribution in [0.3, 0.4) is 0 Å². The van der Waals surface area contributed by atoms with Gasteiger partial charge in [0.25, 0.3) is 0 Å². The van der Waals surface area contributed by atoms with Crippen molar-refractivity contribution in [2.75, 3.05) is 0 Å². The molecule has 3 heteroatoms. The SMILES string of the molecule is CC1=C([Si](C)(C)C2c3ccccc3-c3ccccc32)c2cc3sc(C)c(C)c3c(Br)c2C1. The van der Waals surface area contributed by atoms with Crippen LogP contribution in [0.1, 0.15) is 45.2 Å². The molecule has 0 nitrogen and oxygen atoms in total. The van der Waals surface area contributed by atoms with Crippen LogP contribution in [0.25, 0.3) is 26.4 Å². The van der Waals surface area contributed by atoms with Gasteiger partial charge in [-0.05, 0) is 88.1 Å². The summed E-state index contributed by atoms with van der Waals surface area (Å²) in [6, 6.07) is 20.8. The second kappa shape index (κ2) is 7.03. The highest BCUT2D eigenvalue weighted by molar-refractivity contribution is 9.10. The van der Waals surface area contributed by atoms with E-state index in [2.05, 4.69) is 104 Å². The van der Waals surface area contributed by atoms with Crippen LogP contribution in [0.5, 0.6) is 0 Å². The molecule has 4 aromatic rings. The van der Waals surface area contributed by atoms with Crippen molar-refractivity contribution in [2.24, 2.45) is 0 Å². The lowest BCUT2D eigenvalue weighted by atomic mass is 10.0. The Morgan fingerprint density at radius 1 is 0.875 bits per heavy atom. The predicted molar refractivity (Wildman–Crippen MR) is 146 cm³/mol. The molecule has 0 amide bonds. The van der Waals surface area contributed by atoms with Crippen molar-refractivity contribution >= 4 is 50.6 Å². The topological polar surface area (TPSA) is 0 Å². The largest absolute Gasteiger partial charge is 0.140 e. The van der Waals surface area contributed by atoms with Crippen LogP contribution in [0.15, 0.2) is 64.6 Å². The molecule has 2 aliphatic carbocycles. The van der Waals surface area contributed by atoms with Gasteiger partial charge in [-0.25, -0.2) is 0 Å². The first-order valence-corrected chi connectivity index (χ1v) is 16.1. The molecule has 0 atom stereocenters. The standard InChI is InChI=1S/C29H27BrSSi/c1-16-14-23-24(15-25-26(27(23)30)17(2)18(3)31-25)28(16)32(4,5)29-21-12-8-6-10-19(21)20-11-7-9-13-22(20)29/h6-13,15,29H,14H2,1-5H3. The van der Waals surface area contributed by atoms with E-state index in [4.69, 9.17) is 0 Å². The highest BCUT2D eigenvalue weighted by Gasteiger charge is 2.45. The van der Waals surface area contributed by atoms with Crippen LogP contribution in [0.4, 0.5) is 0 Å². The van der Waals surface area contributed by atoms with Crippen LogP contribution >= 0.6 is 27.3 Å². The molecule has 0 radical (unpaired) electrons. The number of allylic oxidation sites excluding steroid dienone is 1. The van der Waals surface area contributed by atoms with Crippen LogP contribution in [0, 0.1) is 13.8 Å². The third-order valence-corrected chi connectivity index (χ3v) is 13.9. The molecule has 6 rings (SSSR count). The highest BCUT2D eigenvalue weighted by atomic mass is 79.9. The smallest absolute Gasteiger partial charge is 0.0935 e. The Morgan fingerprint density at radius 2 is 1.47 bits per heavy atom. The van der Waals surface area contributed by atoms with Crippen molar-refractivity contribution in [1.29, 1.82) is 0 Å². The highest BCUT2D eigenvalue weighted by Crippen LogP contribution is 2.55. The number of rotatable bonds is 2. The zero-order chi connectivity index (χ0) is 22.4. The van der Waals surface area contributed by atoms with Crippen molar-refractivity contribution in [2.45, 2.75) is 45.8 Å². The van der Waals surface area contributed by atoms with Gasteiger partial charge in [0.1, 0.15) is 0 Å². The van der Waals surface area contributed by atoms with Gasteiger partial charge in [0.2, 0.25) is 0 Å². The van der Waals surface area contributed by atoms with Crippen molar-refractivity contribution < 1.29 is 0 Å². The third-order valence-electron chi connectivity index (χ3n) is 7.84. The second-order valence-electron chi connectivity index (χ2n) is 10.0. The number of fused-ring (bicyclic) bond motifs is 5. The molecule has 0 saturated heterocycles. The Kier molecular flexibility index (Phi) is 4.53. The minimum Gasteiger partial charge on any atom is -0.140 e. The number of hydrogen-bond donors (Lipinski definition) is 0. The maximum absolute atomic E-state index is 4.05. The summed E-state index contributed by atoms with van der Waals surface area (Å²) in [7, 11) is -1.91. The molecule has 1 aromatic heterocycles. The second-order valence-corrected chi connectivity index (χ2v) is 16.6. The lowest BCUT2D eigenvalue weighted by Crippen LogP contribution is -2.37. The molecule has 0 N–H and O–H groups in total. The maximum Gasteiger partial charge on any atom is 0.0935 e. The van der Waals surface area contributed by atoms with Crippen LogP contribution in [-0.4, -0.2) is 8.07 Å². The van der Waals surface area contributed by atoms with E-state index in [0.717, 1.165) is 6.42 Å². The van der Waals surface area contributed by atoms with Crippen LogP contribution < -0.4 is 0 Å². The Labute approximate surface area is 204 Å². The summed E-state index contributed by atoms with van der Waals surface area (Å²) in [6.07, 6.45) is 1.07. The average Bonchev–Trinajstić information content (AvgIpc) is 3.38. The summed E-state index contributed by atoms with van der Waals surface area (Å²) in [5.41, 5.74) is 12.5. The molecule has 1 heterocycles. The zero-order valence-electron chi connectivity index (χ0n) is 19.3. The van der Waals surface area contributed by atoms with Gasteiger partial charge >= 0.3 is 0 Å². The van der Waals surface area contributed by atoms with Gasteiger partial charge in [-0.1, -0.05) is 72.4 Å². The Bertz CT molecular complexity index is 1420. The Morgan fingerprint density at radius 3 is 2.09 bits per heavy atom. The molecule has 3 aromatic carbocycles. The minimum atomic E-state index is -1.91. The van der Waals surface area contributed by atoms with Gasteiger partial charge in [-0.15, -0.1) is 11.3 Å². The van der Waals surface area contributed by atoms with Gasteiger partial charge in [0.15, 0.2) is 0 Å². The van der Waals surface area contributed by atoms with E-state index in [1.807, 2.05) is 11.3 Å². The van der Waals surface area contributed by atoms with E-state index in [1.54, 1.807) is 10.8 Å². The van der Waals surface area contributed by atoms with Crippen molar-refractivity contribution in [3.8, 4) is 11.1 Å². The fourth-order valence-electron chi connectivity index (χ4n) is 6.47. The molecule has 32 heavy (non-hydrogen) atoms. The number of benzene rings is 3. The van der Waals surface area contributed by atoms with E-state index in [-0.39, 0.29) is 0 Å². The fraction of sp³-hybridized carbons (Fsp3) is 0.241. The lowest BCUT2D eigenvalue weighted by molar-refractivity contribution is 1.13. The first kappa shape index (κ1) is 20.6. The van der Waals surface area contributed by atoms with E-state index in [0.29, 0.717) is 5.54 Å². The minimum absolute atomic E-state index is 0.493. The van der Waals surface area contributed by atoms with E-state index in [9.17, 15) is 0 Å². The molecule has 2 aliphatic rings. The molecule has 0 aliphatic heterocycles. The van der Waals surface area contributed by atoms with Gasteiger partial charge in [-0.3, -0.25) is 0 Å². The monoisotopic (exact) mass is 514 g/mol. The van der Waals surface area contributed by atoms with Crippen LogP contribution in [-0.2, 0) is 6.42 Å². The molecule has 0 bridgehead atoms. The maximum atomic E-state index is 4.05. The molecule has 0 unspecified atom stereocenters. The lowest BCUT2D eigenvalue weighted by Gasteiger charge is -2.34. The van der Waals surface area contributed by atoms with Gasteiger partial charge in [0, 0.05) is 25.0 Å². The molecule has 0 fully saturated rings. The summed E-state index contributed by atoms with van der Waals surface area (Å²) >= 11 is 5.99. The summed E-state index contributed by atoms with van der Waals surface area (Å²) in [4.78, 5) is 1.43. The molecular formula is C29H27BrSSi. The number of halogens is 1. The van der Waals surface area contributed by atoms with Crippen molar-refractivity contribution in [3.05, 3.63) is 97.3 Å². The fourth-order valence-corrected chi connectivity index (χ4v) is 13.0. The van der Waals surface area contributed by atoms with Crippen molar-refractivity contribution in [1.82, 2.24) is 0 Å². The summed E-state index contributed by atoms with van der Waals surface area (Å²) in [5, 5.41) is 3.10. The Balaban J connectivity index is 1.59. The van der Waals surface area contributed by atoms with Gasteiger partial charge in [-0.2, -0.15) is 0 Å². The predicted octanol–water partition coefficient (Wildman–Crippen LogP) is 9.21. The number of aryl methyl sites for hydroxylation is 2. The first-order chi connectivity index (χ1) is 15.3. The quantitative estimate of drug-likeness (QED) is 0.234. The first-order valence-electron chi connectivity index (χ1n) is 11.4. The average molecular weight is 516 g/mol. The molecule has 0 spiro atoms. The third kappa shape index (κ3) is 2.65. The molecular weight excluding hydrogens is 488 g/mol.